The Balaban J connectivity index is 1.83. The van der Waals surface area contributed by atoms with Crippen LogP contribution in [-0.4, -0.2) is 48.7 Å². The fourth-order valence-corrected chi connectivity index (χ4v) is 4.88. The molecule has 0 radical (unpaired) electrons. The number of nitrogens with zero attached hydrogens (tertiary/aromatic N) is 2. The molecule has 1 aliphatic carbocycles. The Kier molecular flexibility index (Phi) is 9.71. The van der Waals surface area contributed by atoms with Crippen LogP contribution in [0.25, 0.3) is 0 Å². The molecule has 1 atom stereocenters. The Labute approximate surface area is 216 Å². The van der Waals surface area contributed by atoms with Crippen molar-refractivity contribution >= 4 is 11.6 Å². The molecule has 1 aliphatic rings. The van der Waals surface area contributed by atoms with E-state index in [-0.39, 0.29) is 18.0 Å². The quantitative estimate of drug-likeness (QED) is 0.398. The summed E-state index contributed by atoms with van der Waals surface area (Å²) in [6, 6.07) is 12.2. The molecule has 0 spiro atoms. The average molecular weight is 517 g/mol. The number of benzene rings is 2. The van der Waals surface area contributed by atoms with E-state index in [1.165, 1.54) is 12.1 Å². The largest absolute Gasteiger partial charge is 0.417 e. The van der Waals surface area contributed by atoms with E-state index in [9.17, 15) is 23.1 Å². The molecular weight excluding hydrogens is 481 g/mol. The van der Waals surface area contributed by atoms with E-state index < -0.39 is 28.8 Å². The first kappa shape index (κ1) is 28.6. The molecule has 0 heterocycles. The third kappa shape index (κ3) is 7.78. The highest BCUT2D eigenvalue weighted by molar-refractivity contribution is 5.97. The van der Waals surface area contributed by atoms with Crippen LogP contribution in [0.3, 0.4) is 0 Å². The van der Waals surface area contributed by atoms with Crippen LogP contribution in [0, 0.1) is 17.2 Å². The number of halogens is 3. The van der Waals surface area contributed by atoms with Crippen molar-refractivity contribution in [2.45, 2.75) is 56.8 Å². The lowest BCUT2D eigenvalue weighted by Gasteiger charge is -2.37. The molecular formula is C28H35F3N4O2. The van der Waals surface area contributed by atoms with Gasteiger partial charge in [0, 0.05) is 31.7 Å². The predicted octanol–water partition coefficient (Wildman–Crippen LogP) is 4.72. The summed E-state index contributed by atoms with van der Waals surface area (Å²) >= 11 is 0. The third-order valence-electron chi connectivity index (χ3n) is 6.91. The fourth-order valence-electron chi connectivity index (χ4n) is 4.88. The van der Waals surface area contributed by atoms with Gasteiger partial charge in [0.2, 0.25) is 0 Å². The second kappa shape index (κ2) is 12.5. The molecule has 0 saturated heterocycles. The van der Waals surface area contributed by atoms with Gasteiger partial charge in [-0.25, -0.2) is 0 Å². The number of hydrogen-bond acceptors (Lipinski definition) is 5. The first-order chi connectivity index (χ1) is 17.5. The van der Waals surface area contributed by atoms with Gasteiger partial charge in [-0.2, -0.15) is 18.4 Å². The van der Waals surface area contributed by atoms with Gasteiger partial charge < -0.3 is 20.6 Å². The molecule has 3 N–H and O–H groups in total. The lowest BCUT2D eigenvalue weighted by atomic mass is 9.73. The van der Waals surface area contributed by atoms with Crippen LogP contribution in [0.4, 0.5) is 18.9 Å². The zero-order valence-corrected chi connectivity index (χ0v) is 21.4. The first-order valence-electron chi connectivity index (χ1n) is 12.6. The van der Waals surface area contributed by atoms with Crippen molar-refractivity contribution in [3.63, 3.8) is 0 Å². The highest BCUT2D eigenvalue weighted by atomic mass is 19.4. The first-order valence-corrected chi connectivity index (χ1v) is 12.6. The lowest BCUT2D eigenvalue weighted by molar-refractivity contribution is -0.142. The summed E-state index contributed by atoms with van der Waals surface area (Å²) in [6.07, 6.45) is -0.582. The van der Waals surface area contributed by atoms with Crippen LogP contribution in [0.2, 0.25) is 0 Å². The van der Waals surface area contributed by atoms with Crippen molar-refractivity contribution in [2.75, 3.05) is 32.5 Å². The number of likely N-dealkylation sites (N-methyl/N-ethyl adjacent to an activating group) is 1. The topological polar surface area (TPSA) is 88.4 Å². The van der Waals surface area contributed by atoms with Gasteiger partial charge in [0.1, 0.15) is 5.60 Å². The monoisotopic (exact) mass is 516 g/mol. The fraction of sp³-hybridized carbons (Fsp3) is 0.500. The number of carbonyl (C=O) groups is 1. The van der Waals surface area contributed by atoms with E-state index in [1.54, 1.807) is 0 Å². The van der Waals surface area contributed by atoms with Crippen molar-refractivity contribution in [3.05, 3.63) is 64.7 Å². The molecule has 0 aromatic heterocycles. The zero-order valence-electron chi connectivity index (χ0n) is 21.4. The summed E-state index contributed by atoms with van der Waals surface area (Å²) in [6.45, 7) is 2.35. The average Bonchev–Trinajstić information content (AvgIpc) is 2.86. The molecule has 1 unspecified atom stereocenters. The minimum atomic E-state index is -4.74. The number of hydrogen-bond donors (Lipinski definition) is 3. The molecule has 1 amide bonds. The second-order valence-electron chi connectivity index (χ2n) is 10.1. The van der Waals surface area contributed by atoms with Crippen LogP contribution in [0.1, 0.15) is 54.4 Å². The Hall–Kier alpha value is -2.93. The standard InChI is InChI=1S/C28H35F3N4O2/c1-35(2)14-13-33-19-21-8-6-7-20(15-21)17-27(37,23-9-4-3-5-10-23)26(36)34-24-12-11-22(18-32)25(16-24)28(29,30)31/h6-8,11-12,15-16,23,33,37H,3-5,9-10,13-14,17,19H2,1-2H3,(H,34,36). The highest BCUT2D eigenvalue weighted by Crippen LogP contribution is 2.37. The van der Waals surface area contributed by atoms with Crippen molar-refractivity contribution < 1.29 is 23.1 Å². The van der Waals surface area contributed by atoms with E-state index in [1.807, 2.05) is 38.4 Å². The highest BCUT2D eigenvalue weighted by Gasteiger charge is 2.44. The number of nitriles is 1. The second-order valence-corrected chi connectivity index (χ2v) is 10.1. The van der Waals surface area contributed by atoms with Gasteiger partial charge in [-0.15, -0.1) is 0 Å². The number of aliphatic hydroxyl groups is 1. The maximum Gasteiger partial charge on any atom is 0.417 e. The van der Waals surface area contributed by atoms with Crippen LogP contribution in [0.5, 0.6) is 0 Å². The van der Waals surface area contributed by atoms with E-state index in [0.717, 1.165) is 55.6 Å². The number of alkyl halides is 3. The number of amides is 1. The van der Waals surface area contributed by atoms with Crippen molar-refractivity contribution in [2.24, 2.45) is 5.92 Å². The summed E-state index contributed by atoms with van der Waals surface area (Å²) < 4.78 is 40.3. The maximum atomic E-state index is 13.5. The van der Waals surface area contributed by atoms with Gasteiger partial charge >= 0.3 is 6.18 Å². The molecule has 3 rings (SSSR count). The van der Waals surface area contributed by atoms with Crippen molar-refractivity contribution in [1.29, 1.82) is 5.26 Å². The molecule has 37 heavy (non-hydrogen) atoms. The Bertz CT molecular complexity index is 1110. The number of anilines is 1. The summed E-state index contributed by atoms with van der Waals surface area (Å²) in [5.41, 5.74) is -1.74. The zero-order chi connectivity index (χ0) is 27.1. The summed E-state index contributed by atoms with van der Waals surface area (Å²) in [5.74, 6) is -1.05. The van der Waals surface area contributed by atoms with Gasteiger partial charge in [0.25, 0.3) is 5.91 Å². The summed E-state index contributed by atoms with van der Waals surface area (Å²) in [5, 5.41) is 26.7. The Morgan fingerprint density at radius 2 is 1.81 bits per heavy atom. The SMILES string of the molecule is CN(C)CCNCc1cccc(CC(O)(C(=O)Nc2ccc(C#N)c(C(F)(F)F)c2)C2CCCCC2)c1. The third-order valence-corrected chi connectivity index (χ3v) is 6.91. The van der Waals surface area contributed by atoms with Crippen LogP contribution in [0.15, 0.2) is 42.5 Å². The van der Waals surface area contributed by atoms with E-state index >= 15 is 0 Å². The van der Waals surface area contributed by atoms with E-state index in [2.05, 4.69) is 15.5 Å². The van der Waals surface area contributed by atoms with Crippen LogP contribution >= 0.6 is 0 Å². The van der Waals surface area contributed by atoms with Gasteiger partial charge in [0.05, 0.1) is 17.2 Å². The van der Waals surface area contributed by atoms with E-state index in [0.29, 0.717) is 19.4 Å². The normalized spacial score (nSPS) is 16.3. The molecule has 2 aromatic carbocycles. The van der Waals surface area contributed by atoms with Crippen LogP contribution in [-0.2, 0) is 23.9 Å². The summed E-state index contributed by atoms with van der Waals surface area (Å²) in [4.78, 5) is 15.6. The lowest BCUT2D eigenvalue weighted by Crippen LogP contribution is -2.51. The molecule has 6 nitrogen and oxygen atoms in total. The van der Waals surface area contributed by atoms with Gasteiger partial charge in [-0.1, -0.05) is 43.5 Å². The molecule has 0 aliphatic heterocycles. The molecule has 9 heteroatoms. The van der Waals surface area contributed by atoms with Crippen LogP contribution < -0.4 is 10.6 Å². The smallest absolute Gasteiger partial charge is 0.379 e. The minimum absolute atomic E-state index is 0.0530. The Morgan fingerprint density at radius 3 is 2.46 bits per heavy atom. The number of rotatable bonds is 10. The van der Waals surface area contributed by atoms with Crippen molar-refractivity contribution in [3.8, 4) is 6.07 Å². The molecule has 1 fully saturated rings. The Morgan fingerprint density at radius 1 is 1.11 bits per heavy atom. The van der Waals surface area contributed by atoms with Gasteiger partial charge in [-0.05, 0) is 62.2 Å². The van der Waals surface area contributed by atoms with Gasteiger partial charge in [-0.3, -0.25) is 4.79 Å². The van der Waals surface area contributed by atoms with Crippen molar-refractivity contribution in [1.82, 2.24) is 10.2 Å². The summed E-state index contributed by atoms with van der Waals surface area (Å²) in [7, 11) is 4.00. The molecule has 0 bridgehead atoms. The minimum Gasteiger partial charge on any atom is -0.379 e. The number of nitrogens with one attached hydrogen (secondary N) is 2. The van der Waals surface area contributed by atoms with Gasteiger partial charge in [0.15, 0.2) is 0 Å². The number of carbonyl (C=O) groups excluding carboxylic acids is 1. The van der Waals surface area contributed by atoms with E-state index in [4.69, 9.17) is 5.26 Å². The maximum absolute atomic E-state index is 13.5. The molecule has 200 valence electrons. The molecule has 2 aromatic rings. The predicted molar refractivity (Wildman–Crippen MR) is 137 cm³/mol. The molecule has 1 saturated carbocycles.